The van der Waals surface area contributed by atoms with Crippen LogP contribution in [0.1, 0.15) is 16.1 Å². The number of nitrogens with zero attached hydrogens (tertiary/aromatic N) is 3. The Kier molecular flexibility index (Phi) is 3.41. The van der Waals surface area contributed by atoms with Crippen LogP contribution in [0.25, 0.3) is 11.0 Å². The molecule has 7 heteroatoms. The smallest absolute Gasteiger partial charge is 0.304 e. The van der Waals surface area contributed by atoms with Gasteiger partial charge in [0.2, 0.25) is 0 Å². The largest absolute Gasteiger partial charge is 0.449 e. The highest BCUT2D eigenvalue weighted by Crippen LogP contribution is 2.14. The molecule has 0 fully saturated rings. The molecular formula is C14H13BN4O2. The van der Waals surface area contributed by atoms with Crippen LogP contribution in [0.15, 0.2) is 42.9 Å². The molecule has 3 aromatic rings. The Morgan fingerprint density at radius 1 is 1.29 bits per heavy atom. The van der Waals surface area contributed by atoms with Crippen molar-refractivity contribution in [2.45, 2.75) is 6.54 Å². The standard InChI is InChI=1S/C14H13BN4O2/c16-14(20)12-5-11-13(6-17-12)19(8-18-11)7-9-1-3-10(15-21)4-2-9/h1-6,8,15,21H,7H2,(H2,16,20). The Morgan fingerprint density at radius 2 is 2.05 bits per heavy atom. The molecule has 1 amide bonds. The number of rotatable bonds is 4. The highest BCUT2D eigenvalue weighted by atomic mass is 16.2. The molecule has 2 aromatic heterocycles. The summed E-state index contributed by atoms with van der Waals surface area (Å²) in [5.41, 5.74) is 8.90. The lowest BCUT2D eigenvalue weighted by Gasteiger charge is -2.05. The number of hydrogen-bond acceptors (Lipinski definition) is 4. The minimum absolute atomic E-state index is 0.0358. The van der Waals surface area contributed by atoms with Crippen molar-refractivity contribution >= 4 is 29.9 Å². The van der Waals surface area contributed by atoms with Gasteiger partial charge in [-0.15, -0.1) is 0 Å². The quantitative estimate of drug-likeness (QED) is 0.633. The van der Waals surface area contributed by atoms with Gasteiger partial charge in [0.1, 0.15) is 5.69 Å². The van der Waals surface area contributed by atoms with Crippen molar-refractivity contribution in [3.8, 4) is 0 Å². The van der Waals surface area contributed by atoms with Crippen LogP contribution in [0, 0.1) is 0 Å². The minimum Gasteiger partial charge on any atom is -0.449 e. The van der Waals surface area contributed by atoms with Gasteiger partial charge < -0.3 is 15.3 Å². The number of carbonyl (C=O) groups is 1. The molecule has 0 atom stereocenters. The first-order chi connectivity index (χ1) is 10.2. The van der Waals surface area contributed by atoms with E-state index in [-0.39, 0.29) is 13.2 Å². The molecule has 0 unspecified atom stereocenters. The summed E-state index contributed by atoms with van der Waals surface area (Å²) in [6, 6.07) is 9.28. The summed E-state index contributed by atoms with van der Waals surface area (Å²) in [6.45, 7) is 0.639. The van der Waals surface area contributed by atoms with E-state index < -0.39 is 5.91 Å². The van der Waals surface area contributed by atoms with Gasteiger partial charge in [0.25, 0.3) is 5.91 Å². The number of fused-ring (bicyclic) bond motifs is 1. The van der Waals surface area contributed by atoms with Gasteiger partial charge in [0.15, 0.2) is 0 Å². The minimum atomic E-state index is -0.564. The molecule has 0 spiro atoms. The van der Waals surface area contributed by atoms with E-state index in [0.717, 1.165) is 16.5 Å². The van der Waals surface area contributed by atoms with E-state index in [1.54, 1.807) is 18.6 Å². The zero-order valence-electron chi connectivity index (χ0n) is 11.2. The fourth-order valence-electron chi connectivity index (χ4n) is 2.16. The lowest BCUT2D eigenvalue weighted by Crippen LogP contribution is -2.13. The lowest BCUT2D eigenvalue weighted by molar-refractivity contribution is 0.0995. The monoisotopic (exact) mass is 280 g/mol. The van der Waals surface area contributed by atoms with Gasteiger partial charge in [0.05, 0.1) is 23.6 Å². The maximum atomic E-state index is 11.1. The van der Waals surface area contributed by atoms with Gasteiger partial charge in [0, 0.05) is 6.54 Å². The van der Waals surface area contributed by atoms with Crippen LogP contribution in [0.3, 0.4) is 0 Å². The SMILES string of the molecule is NC(=O)c1cc2ncn(Cc3ccc(BO)cc3)c2cn1. The molecule has 0 saturated heterocycles. The number of primary amides is 1. The number of imidazole rings is 1. The third-order valence-electron chi connectivity index (χ3n) is 3.32. The van der Waals surface area contributed by atoms with Crippen LogP contribution in [-0.2, 0) is 6.54 Å². The Bertz CT molecular complexity index is 798. The van der Waals surface area contributed by atoms with Gasteiger partial charge in [-0.3, -0.25) is 4.79 Å². The topological polar surface area (TPSA) is 94.0 Å². The van der Waals surface area contributed by atoms with Crippen LogP contribution in [0.2, 0.25) is 0 Å². The summed E-state index contributed by atoms with van der Waals surface area (Å²) in [6.07, 6.45) is 3.31. The number of amides is 1. The van der Waals surface area contributed by atoms with Crippen molar-refractivity contribution in [2.75, 3.05) is 0 Å². The van der Waals surface area contributed by atoms with Crippen molar-refractivity contribution in [1.82, 2.24) is 14.5 Å². The molecular weight excluding hydrogens is 267 g/mol. The second-order valence-corrected chi connectivity index (χ2v) is 4.77. The molecule has 104 valence electrons. The highest BCUT2D eigenvalue weighted by Gasteiger charge is 2.08. The van der Waals surface area contributed by atoms with Gasteiger partial charge in [-0.1, -0.05) is 29.7 Å². The van der Waals surface area contributed by atoms with Crippen molar-refractivity contribution in [2.24, 2.45) is 5.73 Å². The summed E-state index contributed by atoms with van der Waals surface area (Å²) in [5, 5.41) is 9.04. The first-order valence-corrected chi connectivity index (χ1v) is 6.47. The molecule has 0 radical (unpaired) electrons. The van der Waals surface area contributed by atoms with Crippen molar-refractivity contribution in [3.05, 3.63) is 54.1 Å². The molecule has 6 nitrogen and oxygen atoms in total. The van der Waals surface area contributed by atoms with E-state index in [2.05, 4.69) is 9.97 Å². The first-order valence-electron chi connectivity index (χ1n) is 6.47. The molecule has 0 aliphatic carbocycles. The van der Waals surface area contributed by atoms with E-state index in [9.17, 15) is 4.79 Å². The third-order valence-corrected chi connectivity index (χ3v) is 3.32. The van der Waals surface area contributed by atoms with E-state index in [0.29, 0.717) is 12.1 Å². The van der Waals surface area contributed by atoms with E-state index in [4.69, 9.17) is 10.8 Å². The fraction of sp³-hybridized carbons (Fsp3) is 0.0714. The molecule has 0 aliphatic heterocycles. The Hall–Kier alpha value is -2.67. The number of hydrogen-bond donors (Lipinski definition) is 2. The lowest BCUT2D eigenvalue weighted by atomic mass is 9.88. The van der Waals surface area contributed by atoms with E-state index >= 15 is 0 Å². The summed E-state index contributed by atoms with van der Waals surface area (Å²) in [4.78, 5) is 19.4. The second kappa shape index (κ2) is 5.38. The maximum Gasteiger partial charge on any atom is 0.304 e. The number of aromatic nitrogens is 3. The summed E-state index contributed by atoms with van der Waals surface area (Å²) >= 11 is 0. The normalized spacial score (nSPS) is 10.7. The molecule has 1 aromatic carbocycles. The van der Waals surface area contributed by atoms with Gasteiger partial charge >= 0.3 is 7.48 Å². The highest BCUT2D eigenvalue weighted by molar-refractivity contribution is 6.45. The van der Waals surface area contributed by atoms with Crippen molar-refractivity contribution in [3.63, 3.8) is 0 Å². The first kappa shape index (κ1) is 13.3. The molecule has 3 N–H and O–H groups in total. The molecule has 21 heavy (non-hydrogen) atoms. The molecule has 0 aliphatic rings. The summed E-state index contributed by atoms with van der Waals surface area (Å²) in [5.74, 6) is -0.564. The van der Waals surface area contributed by atoms with Crippen molar-refractivity contribution < 1.29 is 9.82 Å². The van der Waals surface area contributed by atoms with Crippen LogP contribution >= 0.6 is 0 Å². The van der Waals surface area contributed by atoms with Crippen LogP contribution in [-0.4, -0.2) is 32.9 Å². The summed E-state index contributed by atoms with van der Waals surface area (Å²) < 4.78 is 1.95. The second-order valence-electron chi connectivity index (χ2n) is 4.77. The predicted molar refractivity (Wildman–Crippen MR) is 80.6 cm³/mol. The fourth-order valence-corrected chi connectivity index (χ4v) is 2.16. The average molecular weight is 280 g/mol. The number of nitrogens with two attached hydrogens (primary N) is 1. The Balaban J connectivity index is 1.91. The Morgan fingerprint density at radius 3 is 2.71 bits per heavy atom. The van der Waals surface area contributed by atoms with E-state index in [1.165, 1.54) is 0 Å². The zero-order valence-corrected chi connectivity index (χ0v) is 11.2. The Labute approximate surface area is 121 Å². The van der Waals surface area contributed by atoms with Crippen molar-refractivity contribution in [1.29, 1.82) is 0 Å². The van der Waals surface area contributed by atoms with Gasteiger partial charge in [-0.25, -0.2) is 9.97 Å². The summed E-state index contributed by atoms with van der Waals surface area (Å²) in [7, 11) is 0.0358. The number of carbonyl (C=O) groups excluding carboxylic acids is 1. The predicted octanol–water partition coefficient (Wildman–Crippen LogP) is -0.452. The molecule has 0 bridgehead atoms. The third kappa shape index (κ3) is 2.63. The average Bonchev–Trinajstić information content (AvgIpc) is 2.90. The van der Waals surface area contributed by atoms with Crippen LogP contribution in [0.5, 0.6) is 0 Å². The van der Waals surface area contributed by atoms with Gasteiger partial charge in [-0.2, -0.15) is 0 Å². The number of benzene rings is 1. The zero-order chi connectivity index (χ0) is 14.8. The van der Waals surface area contributed by atoms with Gasteiger partial charge in [-0.05, 0) is 11.6 Å². The molecule has 0 saturated carbocycles. The van der Waals surface area contributed by atoms with Crippen LogP contribution in [0.4, 0.5) is 0 Å². The maximum absolute atomic E-state index is 11.1. The molecule has 3 rings (SSSR count). The number of pyridine rings is 1. The molecule has 2 heterocycles. The van der Waals surface area contributed by atoms with Crippen LogP contribution < -0.4 is 11.2 Å². The van der Waals surface area contributed by atoms with E-state index in [1.807, 2.05) is 28.8 Å².